The summed E-state index contributed by atoms with van der Waals surface area (Å²) in [5, 5.41) is 3.05. The lowest BCUT2D eigenvalue weighted by Gasteiger charge is -2.35. The molecule has 1 aromatic heterocycles. The number of H-pyrrole nitrogens is 1. The van der Waals surface area contributed by atoms with Crippen LogP contribution >= 0.6 is 11.8 Å². The highest BCUT2D eigenvalue weighted by atomic mass is 32.2. The Labute approximate surface area is 144 Å². The highest BCUT2D eigenvalue weighted by Crippen LogP contribution is 2.39. The molecule has 2 aromatic rings. The second-order valence-corrected chi connectivity index (χ2v) is 8.68. The smallest absolute Gasteiger partial charge is 0.306 e. The van der Waals surface area contributed by atoms with E-state index in [2.05, 4.69) is 4.98 Å². The number of hydrogen-bond donors (Lipinski definition) is 2. The third kappa shape index (κ3) is 2.91. The molecule has 0 aliphatic carbocycles. The predicted octanol–water partition coefficient (Wildman–Crippen LogP) is 1.37. The fourth-order valence-corrected chi connectivity index (χ4v) is 4.68. The highest BCUT2D eigenvalue weighted by molar-refractivity contribution is 7.99. The molecule has 3 N–H and O–H groups in total. The van der Waals surface area contributed by atoms with Crippen LogP contribution in [-0.2, 0) is 21.4 Å². The summed E-state index contributed by atoms with van der Waals surface area (Å²) >= 11 is 1.69. The standard InChI is InChI=1S/C15H19N3O4S2/c1-24(19,20)22-9-2-3-10-11-4-5-18-15(12(16)7-23-8-21-18)14(11)17-13(10)6-9/h2-3,6,12,15,17H,4-5,7-8,16H2,1H3/t12-,15+/m1/s1. The van der Waals surface area contributed by atoms with Crippen LogP contribution in [0.4, 0.5) is 0 Å². The molecule has 1 fully saturated rings. The lowest BCUT2D eigenvalue weighted by Crippen LogP contribution is -2.44. The van der Waals surface area contributed by atoms with Crippen LogP contribution in [0.25, 0.3) is 10.9 Å². The lowest BCUT2D eigenvalue weighted by atomic mass is 9.95. The molecule has 2 aliphatic heterocycles. The van der Waals surface area contributed by atoms with Gasteiger partial charge in [0.05, 0.1) is 12.3 Å². The third-order valence-corrected chi connectivity index (χ3v) is 5.75. The summed E-state index contributed by atoms with van der Waals surface area (Å²) in [5.74, 6) is 1.75. The van der Waals surface area contributed by atoms with Crippen LogP contribution in [0.3, 0.4) is 0 Å². The molecule has 3 heterocycles. The number of rotatable bonds is 2. The summed E-state index contributed by atoms with van der Waals surface area (Å²) in [4.78, 5) is 9.23. The summed E-state index contributed by atoms with van der Waals surface area (Å²) in [6.07, 6.45) is 1.89. The Morgan fingerprint density at radius 3 is 3.08 bits per heavy atom. The van der Waals surface area contributed by atoms with Crippen LogP contribution in [-0.4, -0.2) is 49.0 Å². The van der Waals surface area contributed by atoms with Crippen molar-refractivity contribution in [3.05, 3.63) is 29.5 Å². The van der Waals surface area contributed by atoms with Gasteiger partial charge in [0, 0.05) is 41.0 Å². The average Bonchev–Trinajstić information content (AvgIpc) is 2.75. The zero-order valence-electron chi connectivity index (χ0n) is 13.2. The van der Waals surface area contributed by atoms with Gasteiger partial charge in [-0.3, -0.25) is 4.84 Å². The number of benzene rings is 1. The second kappa shape index (κ2) is 5.92. The van der Waals surface area contributed by atoms with Crippen molar-refractivity contribution in [3.8, 4) is 5.75 Å². The number of hydroxylamine groups is 2. The Hall–Kier alpha value is -1.26. The Kier molecular flexibility index (Phi) is 4.00. The molecule has 24 heavy (non-hydrogen) atoms. The molecule has 2 atom stereocenters. The van der Waals surface area contributed by atoms with E-state index in [1.807, 2.05) is 11.1 Å². The van der Waals surface area contributed by atoms with Crippen LogP contribution < -0.4 is 9.92 Å². The number of nitrogens with two attached hydrogens (primary N) is 1. The fourth-order valence-electron chi connectivity index (χ4n) is 3.46. The maximum atomic E-state index is 11.3. The van der Waals surface area contributed by atoms with Crippen LogP contribution in [0.15, 0.2) is 18.2 Å². The molecule has 0 bridgehead atoms. The average molecular weight is 369 g/mol. The molecule has 0 unspecified atom stereocenters. The van der Waals surface area contributed by atoms with Crippen molar-refractivity contribution in [2.24, 2.45) is 5.73 Å². The summed E-state index contributed by atoms with van der Waals surface area (Å²) in [6.45, 7) is 0.792. The number of aromatic amines is 1. The van der Waals surface area contributed by atoms with Gasteiger partial charge in [0.25, 0.3) is 0 Å². The maximum Gasteiger partial charge on any atom is 0.306 e. The van der Waals surface area contributed by atoms with Gasteiger partial charge in [-0.2, -0.15) is 13.5 Å². The number of nitrogens with zero attached hydrogens (tertiary/aromatic N) is 1. The van der Waals surface area contributed by atoms with Crippen molar-refractivity contribution in [2.75, 3.05) is 24.5 Å². The van der Waals surface area contributed by atoms with E-state index >= 15 is 0 Å². The topological polar surface area (TPSA) is 97.7 Å². The van der Waals surface area contributed by atoms with Crippen molar-refractivity contribution < 1.29 is 17.4 Å². The number of thioether (sulfide) groups is 1. The number of aromatic nitrogens is 1. The van der Waals surface area contributed by atoms with E-state index in [0.717, 1.165) is 41.6 Å². The Bertz CT molecular complexity index is 880. The molecule has 7 nitrogen and oxygen atoms in total. The van der Waals surface area contributed by atoms with Gasteiger partial charge in [-0.25, -0.2) is 0 Å². The van der Waals surface area contributed by atoms with E-state index in [4.69, 9.17) is 14.8 Å². The van der Waals surface area contributed by atoms with Crippen LogP contribution in [0.5, 0.6) is 5.75 Å². The van der Waals surface area contributed by atoms with Crippen LogP contribution in [0.2, 0.25) is 0 Å². The molecule has 2 aliphatic rings. The van der Waals surface area contributed by atoms with E-state index in [1.54, 1.807) is 23.9 Å². The predicted molar refractivity (Wildman–Crippen MR) is 93.3 cm³/mol. The number of hydrogen-bond acceptors (Lipinski definition) is 7. The first-order chi connectivity index (χ1) is 11.4. The minimum atomic E-state index is -3.55. The Morgan fingerprint density at radius 2 is 2.29 bits per heavy atom. The minimum absolute atomic E-state index is 0.0181. The Balaban J connectivity index is 1.79. The first-order valence-electron chi connectivity index (χ1n) is 7.69. The monoisotopic (exact) mass is 369 g/mol. The molecule has 0 spiro atoms. The van der Waals surface area contributed by atoms with E-state index in [-0.39, 0.29) is 12.1 Å². The van der Waals surface area contributed by atoms with Gasteiger partial charge < -0.3 is 14.9 Å². The van der Waals surface area contributed by atoms with Crippen molar-refractivity contribution in [3.63, 3.8) is 0 Å². The van der Waals surface area contributed by atoms with E-state index in [9.17, 15) is 8.42 Å². The molecule has 1 aromatic carbocycles. The molecule has 130 valence electrons. The third-order valence-electron chi connectivity index (χ3n) is 4.36. The molecule has 0 saturated carbocycles. The molecule has 9 heteroatoms. The quantitative estimate of drug-likeness (QED) is 0.772. The first-order valence-corrected chi connectivity index (χ1v) is 10.7. The lowest BCUT2D eigenvalue weighted by molar-refractivity contribution is -0.175. The van der Waals surface area contributed by atoms with Crippen LogP contribution in [0.1, 0.15) is 17.3 Å². The van der Waals surface area contributed by atoms with Crippen LogP contribution in [0, 0.1) is 0 Å². The van der Waals surface area contributed by atoms with Gasteiger partial charge in [0.1, 0.15) is 11.7 Å². The molecule has 4 rings (SSSR count). The zero-order valence-corrected chi connectivity index (χ0v) is 14.8. The molecular weight excluding hydrogens is 350 g/mol. The summed E-state index contributed by atoms with van der Waals surface area (Å²) in [7, 11) is -3.55. The summed E-state index contributed by atoms with van der Waals surface area (Å²) < 4.78 is 27.6. The fraction of sp³-hybridized carbons (Fsp3) is 0.467. The summed E-state index contributed by atoms with van der Waals surface area (Å²) in [5.41, 5.74) is 9.51. The highest BCUT2D eigenvalue weighted by Gasteiger charge is 2.36. The second-order valence-electron chi connectivity index (χ2n) is 6.13. The summed E-state index contributed by atoms with van der Waals surface area (Å²) in [6, 6.07) is 5.26. The molecule has 0 radical (unpaired) electrons. The van der Waals surface area contributed by atoms with Gasteiger partial charge in [-0.15, -0.1) is 11.8 Å². The minimum Gasteiger partial charge on any atom is -0.383 e. The van der Waals surface area contributed by atoms with Crippen molar-refractivity contribution in [1.29, 1.82) is 0 Å². The molecule has 0 amide bonds. The van der Waals surface area contributed by atoms with Crippen molar-refractivity contribution >= 4 is 32.8 Å². The van der Waals surface area contributed by atoms with Gasteiger partial charge in [-0.05, 0) is 24.1 Å². The van der Waals surface area contributed by atoms with Gasteiger partial charge >= 0.3 is 10.1 Å². The van der Waals surface area contributed by atoms with Gasteiger partial charge in [-0.1, -0.05) is 0 Å². The number of nitrogens with one attached hydrogen (secondary N) is 1. The first kappa shape index (κ1) is 16.2. The molecular formula is C15H19N3O4S2. The van der Waals surface area contributed by atoms with Crippen molar-refractivity contribution in [1.82, 2.24) is 10.0 Å². The molecule has 1 saturated heterocycles. The normalized spacial score (nSPS) is 25.1. The van der Waals surface area contributed by atoms with Crippen molar-refractivity contribution in [2.45, 2.75) is 18.5 Å². The SMILES string of the molecule is CS(=O)(=O)Oc1ccc2c3c([nH]c2c1)[C@@H]1[C@H](N)CSCON1CC3. The zero-order chi connectivity index (χ0) is 16.9. The Morgan fingerprint density at radius 1 is 1.46 bits per heavy atom. The van der Waals surface area contributed by atoms with E-state index in [0.29, 0.717) is 11.7 Å². The van der Waals surface area contributed by atoms with Gasteiger partial charge in [0.15, 0.2) is 0 Å². The van der Waals surface area contributed by atoms with E-state index in [1.165, 1.54) is 5.56 Å². The number of fused-ring (bicyclic) bond motifs is 5. The largest absolute Gasteiger partial charge is 0.383 e. The van der Waals surface area contributed by atoms with E-state index < -0.39 is 10.1 Å². The maximum absolute atomic E-state index is 11.3. The van der Waals surface area contributed by atoms with Gasteiger partial charge in [0.2, 0.25) is 0 Å².